The van der Waals surface area contributed by atoms with Crippen LogP contribution in [0, 0.1) is 18.7 Å². The predicted octanol–water partition coefficient (Wildman–Crippen LogP) is 4.13. The Bertz CT molecular complexity index is 642. The van der Waals surface area contributed by atoms with Crippen molar-refractivity contribution in [3.05, 3.63) is 64.4 Å². The fourth-order valence-electron chi connectivity index (χ4n) is 2.49. The van der Waals surface area contributed by atoms with Gasteiger partial charge in [-0.25, -0.2) is 4.39 Å². The highest BCUT2D eigenvalue weighted by Crippen LogP contribution is 2.32. The molecule has 2 nitrogen and oxygen atoms in total. The van der Waals surface area contributed by atoms with Crippen molar-refractivity contribution in [3.8, 4) is 5.75 Å². The number of nitrogens with one attached hydrogen (secondary N) is 1. The Hall–Kier alpha value is -1.58. The van der Waals surface area contributed by atoms with Gasteiger partial charge in [-0.05, 0) is 42.3 Å². The summed E-state index contributed by atoms with van der Waals surface area (Å²) in [5.74, 6) is 0.743. The van der Waals surface area contributed by atoms with Crippen LogP contribution in [-0.2, 0) is 0 Å². The topological polar surface area (TPSA) is 21.3 Å². The number of halogens is 2. The maximum atomic E-state index is 13.7. The van der Waals surface area contributed by atoms with Crippen LogP contribution >= 0.6 is 11.6 Å². The van der Waals surface area contributed by atoms with E-state index >= 15 is 0 Å². The molecule has 0 amide bonds. The first-order valence-electron chi connectivity index (χ1n) is 7.02. The smallest absolute Gasteiger partial charge is 0.142 e. The van der Waals surface area contributed by atoms with Crippen LogP contribution in [-0.4, -0.2) is 13.1 Å². The van der Waals surface area contributed by atoms with E-state index < -0.39 is 5.82 Å². The van der Waals surface area contributed by atoms with E-state index in [-0.39, 0.29) is 11.1 Å². The van der Waals surface area contributed by atoms with Gasteiger partial charge in [0.15, 0.2) is 0 Å². The Morgan fingerprint density at radius 1 is 1.24 bits per heavy atom. The van der Waals surface area contributed by atoms with E-state index in [2.05, 4.69) is 5.32 Å². The molecule has 1 aliphatic rings. The number of aryl methyl sites for hydroxylation is 1. The minimum absolute atomic E-state index is 0.139. The third kappa shape index (κ3) is 3.20. The maximum Gasteiger partial charge on any atom is 0.142 e. The highest BCUT2D eigenvalue weighted by molar-refractivity contribution is 6.30. The Kier molecular flexibility index (Phi) is 4.13. The molecule has 3 rings (SSSR count). The van der Waals surface area contributed by atoms with Gasteiger partial charge in [0.25, 0.3) is 0 Å². The third-order valence-corrected chi connectivity index (χ3v) is 4.07. The van der Waals surface area contributed by atoms with Crippen LogP contribution in [0.25, 0.3) is 0 Å². The monoisotopic (exact) mass is 305 g/mol. The summed E-state index contributed by atoms with van der Waals surface area (Å²) in [6.07, 6.45) is -0.167. The van der Waals surface area contributed by atoms with Crippen LogP contribution in [0.1, 0.15) is 17.2 Å². The molecule has 0 bridgehead atoms. The molecule has 0 unspecified atom stereocenters. The first-order valence-corrected chi connectivity index (χ1v) is 7.40. The van der Waals surface area contributed by atoms with Crippen molar-refractivity contribution in [3.63, 3.8) is 0 Å². The van der Waals surface area contributed by atoms with Crippen LogP contribution < -0.4 is 10.1 Å². The minimum atomic E-state index is -0.403. The fourth-order valence-corrected chi connectivity index (χ4v) is 2.60. The normalized spacial score (nSPS) is 16.3. The van der Waals surface area contributed by atoms with E-state index in [4.69, 9.17) is 16.3 Å². The molecule has 1 saturated heterocycles. The molecule has 1 atom stereocenters. The maximum absolute atomic E-state index is 13.7. The van der Waals surface area contributed by atoms with Gasteiger partial charge >= 0.3 is 0 Å². The van der Waals surface area contributed by atoms with Crippen LogP contribution in [0.5, 0.6) is 5.75 Å². The van der Waals surface area contributed by atoms with Gasteiger partial charge in [-0.15, -0.1) is 0 Å². The van der Waals surface area contributed by atoms with E-state index in [0.717, 1.165) is 30.0 Å². The number of hydrogen-bond donors (Lipinski definition) is 1. The number of rotatable bonds is 4. The number of ether oxygens (including phenoxy) is 1. The van der Waals surface area contributed by atoms with Crippen molar-refractivity contribution in [2.75, 3.05) is 13.1 Å². The zero-order valence-corrected chi connectivity index (χ0v) is 12.5. The molecule has 1 fully saturated rings. The van der Waals surface area contributed by atoms with Crippen molar-refractivity contribution in [1.29, 1.82) is 0 Å². The molecule has 0 aliphatic carbocycles. The number of benzene rings is 2. The van der Waals surface area contributed by atoms with Gasteiger partial charge in [0.05, 0.1) is 5.02 Å². The van der Waals surface area contributed by atoms with Crippen molar-refractivity contribution in [1.82, 2.24) is 5.32 Å². The van der Waals surface area contributed by atoms with Crippen molar-refractivity contribution in [2.24, 2.45) is 5.92 Å². The Labute approximate surface area is 128 Å². The quantitative estimate of drug-likeness (QED) is 0.917. The molecule has 1 aliphatic heterocycles. The molecular weight excluding hydrogens is 289 g/mol. The van der Waals surface area contributed by atoms with Crippen LogP contribution in [0.15, 0.2) is 42.5 Å². The molecule has 4 heteroatoms. The SMILES string of the molecule is Cc1cccc(O[C@H](c2ccc(Cl)c(F)c2)C2CNC2)c1. The van der Waals surface area contributed by atoms with E-state index in [9.17, 15) is 4.39 Å². The van der Waals surface area contributed by atoms with Gasteiger partial charge in [-0.2, -0.15) is 0 Å². The van der Waals surface area contributed by atoms with Gasteiger partial charge in [0, 0.05) is 19.0 Å². The average molecular weight is 306 g/mol. The Morgan fingerprint density at radius 3 is 2.67 bits per heavy atom. The molecule has 1 heterocycles. The molecule has 110 valence electrons. The zero-order chi connectivity index (χ0) is 14.8. The lowest BCUT2D eigenvalue weighted by atomic mass is 9.90. The van der Waals surface area contributed by atoms with E-state index in [0.29, 0.717) is 5.92 Å². The van der Waals surface area contributed by atoms with Crippen LogP contribution in [0.4, 0.5) is 4.39 Å². The van der Waals surface area contributed by atoms with Gasteiger partial charge in [0.1, 0.15) is 17.7 Å². The zero-order valence-electron chi connectivity index (χ0n) is 11.8. The first kappa shape index (κ1) is 14.4. The van der Waals surface area contributed by atoms with E-state index in [1.165, 1.54) is 6.07 Å². The highest BCUT2D eigenvalue weighted by Gasteiger charge is 2.30. The lowest BCUT2D eigenvalue weighted by Gasteiger charge is -2.35. The summed E-state index contributed by atoms with van der Waals surface area (Å²) in [6, 6.07) is 12.8. The summed E-state index contributed by atoms with van der Waals surface area (Å²) in [4.78, 5) is 0. The summed E-state index contributed by atoms with van der Waals surface area (Å²) in [5, 5.41) is 3.37. The molecule has 21 heavy (non-hydrogen) atoms. The molecule has 0 spiro atoms. The van der Waals surface area contributed by atoms with Gasteiger partial charge < -0.3 is 10.1 Å². The highest BCUT2D eigenvalue weighted by atomic mass is 35.5. The summed E-state index contributed by atoms with van der Waals surface area (Å²) >= 11 is 5.77. The molecule has 2 aromatic rings. The second-order valence-electron chi connectivity index (χ2n) is 5.45. The van der Waals surface area contributed by atoms with Crippen LogP contribution in [0.3, 0.4) is 0 Å². The van der Waals surface area contributed by atoms with Crippen molar-refractivity contribution < 1.29 is 9.13 Å². The summed E-state index contributed by atoms with van der Waals surface area (Å²) in [5.41, 5.74) is 1.96. The lowest BCUT2D eigenvalue weighted by Crippen LogP contribution is -2.46. The van der Waals surface area contributed by atoms with E-state index in [1.807, 2.05) is 37.3 Å². The third-order valence-electron chi connectivity index (χ3n) is 3.77. The predicted molar refractivity (Wildman–Crippen MR) is 82.3 cm³/mol. The van der Waals surface area contributed by atoms with Crippen molar-refractivity contribution >= 4 is 11.6 Å². The Morgan fingerprint density at radius 2 is 2.05 bits per heavy atom. The minimum Gasteiger partial charge on any atom is -0.485 e. The van der Waals surface area contributed by atoms with Crippen LogP contribution in [0.2, 0.25) is 5.02 Å². The van der Waals surface area contributed by atoms with Gasteiger partial charge in [0.2, 0.25) is 0 Å². The van der Waals surface area contributed by atoms with E-state index in [1.54, 1.807) is 6.07 Å². The largest absolute Gasteiger partial charge is 0.485 e. The summed E-state index contributed by atoms with van der Waals surface area (Å²) < 4.78 is 19.9. The average Bonchev–Trinajstić information content (AvgIpc) is 2.39. The molecule has 0 saturated carbocycles. The Balaban J connectivity index is 1.88. The molecule has 2 aromatic carbocycles. The fraction of sp³-hybridized carbons (Fsp3) is 0.294. The summed E-state index contributed by atoms with van der Waals surface area (Å²) in [7, 11) is 0. The second-order valence-corrected chi connectivity index (χ2v) is 5.85. The number of hydrogen-bond acceptors (Lipinski definition) is 2. The second kappa shape index (κ2) is 6.04. The molecule has 1 N–H and O–H groups in total. The lowest BCUT2D eigenvalue weighted by molar-refractivity contribution is 0.0990. The molecule has 0 aromatic heterocycles. The van der Waals surface area contributed by atoms with Gasteiger partial charge in [-0.1, -0.05) is 29.8 Å². The van der Waals surface area contributed by atoms with Gasteiger partial charge in [-0.3, -0.25) is 0 Å². The molecular formula is C17H17ClFNO. The first-order chi connectivity index (χ1) is 10.1. The molecule has 0 radical (unpaired) electrons. The van der Waals surface area contributed by atoms with Crippen molar-refractivity contribution in [2.45, 2.75) is 13.0 Å². The summed E-state index contributed by atoms with van der Waals surface area (Å²) in [6.45, 7) is 3.77. The standard InChI is InChI=1S/C17H17ClFNO/c1-11-3-2-4-14(7-11)21-17(13-9-20-10-13)12-5-6-15(18)16(19)8-12/h2-8,13,17,20H,9-10H2,1H3/t17-/m1/s1.